The summed E-state index contributed by atoms with van der Waals surface area (Å²) in [7, 11) is 0. The Balaban J connectivity index is 4.45. The van der Waals surface area contributed by atoms with Crippen LogP contribution >= 0.6 is 0 Å². The minimum atomic E-state index is -1.52. The summed E-state index contributed by atoms with van der Waals surface area (Å²) in [6.45, 7) is 0.283. The number of nitrogens with zero attached hydrogens (tertiary/aromatic N) is 1. The molecular weight excluding hydrogens is 284 g/mol. The van der Waals surface area contributed by atoms with Gasteiger partial charge in [0.15, 0.2) is 5.96 Å². The number of nitrogens with one attached hydrogen (secondary N) is 2. The van der Waals surface area contributed by atoms with E-state index in [4.69, 9.17) is 27.5 Å². The van der Waals surface area contributed by atoms with Crippen LogP contribution in [0.5, 0.6) is 0 Å². The number of aliphatic carboxylic acids is 2. The van der Waals surface area contributed by atoms with Gasteiger partial charge in [-0.1, -0.05) is 0 Å². The summed E-state index contributed by atoms with van der Waals surface area (Å²) in [5, 5.41) is 19.5. The number of hydrazine groups is 1. The van der Waals surface area contributed by atoms with Crippen molar-refractivity contribution in [3.05, 3.63) is 0 Å². The number of carbonyl (C=O) groups excluding carboxylic acids is 1. The minimum Gasteiger partial charge on any atom is -0.481 e. The molecule has 2 atom stereocenters. The van der Waals surface area contributed by atoms with Crippen molar-refractivity contribution < 1.29 is 24.6 Å². The van der Waals surface area contributed by atoms with Gasteiger partial charge in [0.1, 0.15) is 6.04 Å². The van der Waals surface area contributed by atoms with Crippen LogP contribution in [0.3, 0.4) is 0 Å². The highest BCUT2D eigenvalue weighted by Crippen LogP contribution is 2.00. The van der Waals surface area contributed by atoms with Gasteiger partial charge >= 0.3 is 11.9 Å². The van der Waals surface area contributed by atoms with E-state index < -0.39 is 36.4 Å². The average molecular weight is 304 g/mol. The van der Waals surface area contributed by atoms with Gasteiger partial charge in [-0.2, -0.15) is 0 Å². The molecule has 0 aromatic carbocycles. The molecule has 0 radical (unpaired) electrons. The standard InChI is InChI=1S/C10H20N6O5/c11-10(12)14-3-1-2-5(16-13)8(19)15-6(9(20)21)4-7(17)18/h5-6,16H,1-4,13H2,(H,15,19)(H,17,18)(H,20,21)(H4,11,12,14)/t5-,6-/m0/s1. The third kappa shape index (κ3) is 8.39. The number of carboxylic acids is 2. The third-order valence-corrected chi connectivity index (χ3v) is 2.46. The van der Waals surface area contributed by atoms with Gasteiger partial charge in [-0.25, -0.2) is 10.2 Å². The van der Waals surface area contributed by atoms with Crippen LogP contribution in [0.1, 0.15) is 19.3 Å². The Bertz CT molecular complexity index is 409. The number of carbonyl (C=O) groups is 3. The summed E-state index contributed by atoms with van der Waals surface area (Å²) in [5.41, 5.74) is 12.5. The topological polar surface area (TPSA) is 206 Å². The van der Waals surface area contributed by atoms with Crippen molar-refractivity contribution in [2.24, 2.45) is 22.3 Å². The molecule has 0 unspecified atom stereocenters. The Morgan fingerprint density at radius 2 is 1.76 bits per heavy atom. The van der Waals surface area contributed by atoms with E-state index >= 15 is 0 Å². The lowest BCUT2D eigenvalue weighted by Crippen LogP contribution is -2.52. The van der Waals surface area contributed by atoms with Crippen molar-refractivity contribution >= 4 is 23.8 Å². The lowest BCUT2D eigenvalue weighted by atomic mass is 10.1. The highest BCUT2D eigenvalue weighted by molar-refractivity contribution is 5.89. The molecule has 0 fully saturated rings. The van der Waals surface area contributed by atoms with E-state index in [2.05, 4.69) is 15.7 Å². The van der Waals surface area contributed by atoms with E-state index in [-0.39, 0.29) is 18.9 Å². The molecule has 11 heteroatoms. The van der Waals surface area contributed by atoms with Gasteiger partial charge in [-0.05, 0) is 12.8 Å². The molecule has 0 heterocycles. The molecule has 11 nitrogen and oxygen atoms in total. The normalized spacial score (nSPS) is 13.0. The SMILES string of the molecule is NN[C@@H](CCCN=C(N)N)C(=O)N[C@@H](CC(=O)O)C(=O)O. The second-order valence-corrected chi connectivity index (χ2v) is 4.17. The molecule has 0 saturated heterocycles. The van der Waals surface area contributed by atoms with Gasteiger partial charge in [0.05, 0.1) is 12.5 Å². The van der Waals surface area contributed by atoms with Crippen molar-refractivity contribution in [2.45, 2.75) is 31.3 Å². The molecule has 0 bridgehead atoms. The molecule has 0 spiro atoms. The van der Waals surface area contributed by atoms with Gasteiger partial charge in [0.25, 0.3) is 0 Å². The van der Waals surface area contributed by atoms with E-state index in [1.807, 2.05) is 0 Å². The van der Waals surface area contributed by atoms with Crippen LogP contribution in [-0.2, 0) is 14.4 Å². The maximum atomic E-state index is 11.8. The van der Waals surface area contributed by atoms with E-state index in [0.29, 0.717) is 6.42 Å². The second-order valence-electron chi connectivity index (χ2n) is 4.17. The van der Waals surface area contributed by atoms with Crippen molar-refractivity contribution in [2.75, 3.05) is 6.54 Å². The molecule has 0 aliphatic carbocycles. The highest BCUT2D eigenvalue weighted by atomic mass is 16.4. The molecule has 0 rings (SSSR count). The summed E-state index contributed by atoms with van der Waals surface area (Å²) < 4.78 is 0. The maximum absolute atomic E-state index is 11.8. The molecule has 0 saturated carbocycles. The quantitative estimate of drug-likeness (QED) is 0.0716. The van der Waals surface area contributed by atoms with Crippen molar-refractivity contribution in [3.63, 3.8) is 0 Å². The Hall–Kier alpha value is -2.40. The number of hydrogen-bond acceptors (Lipinski definition) is 6. The fourth-order valence-electron chi connectivity index (χ4n) is 1.44. The predicted octanol–water partition coefficient (Wildman–Crippen LogP) is -3.08. The molecular formula is C10H20N6O5. The van der Waals surface area contributed by atoms with Gasteiger partial charge in [0, 0.05) is 6.54 Å². The minimum absolute atomic E-state index is 0.0795. The smallest absolute Gasteiger partial charge is 0.326 e. The lowest BCUT2D eigenvalue weighted by molar-refractivity contribution is -0.147. The van der Waals surface area contributed by atoms with Crippen molar-refractivity contribution in [3.8, 4) is 0 Å². The van der Waals surface area contributed by atoms with Gasteiger partial charge in [-0.3, -0.25) is 20.4 Å². The number of aliphatic imine (C=N–C) groups is 1. The second kappa shape index (κ2) is 9.50. The molecule has 120 valence electrons. The van der Waals surface area contributed by atoms with Crippen LogP contribution in [0.4, 0.5) is 0 Å². The molecule has 0 aromatic rings. The summed E-state index contributed by atoms with van der Waals surface area (Å²) >= 11 is 0. The fraction of sp³-hybridized carbons (Fsp3) is 0.600. The molecule has 0 aliphatic heterocycles. The molecule has 10 N–H and O–H groups in total. The van der Waals surface area contributed by atoms with Gasteiger partial charge < -0.3 is 27.0 Å². The van der Waals surface area contributed by atoms with E-state index in [1.165, 1.54) is 0 Å². The summed E-state index contributed by atoms with van der Waals surface area (Å²) in [6.07, 6.45) is -0.0538. The monoisotopic (exact) mass is 304 g/mol. The van der Waals surface area contributed by atoms with Crippen LogP contribution in [0.15, 0.2) is 4.99 Å². The van der Waals surface area contributed by atoms with Crippen LogP contribution < -0.4 is 28.1 Å². The summed E-state index contributed by atoms with van der Waals surface area (Å²) in [4.78, 5) is 36.9. The first kappa shape index (κ1) is 18.6. The summed E-state index contributed by atoms with van der Waals surface area (Å²) in [6, 6.07) is -2.40. The number of amides is 1. The van der Waals surface area contributed by atoms with E-state index in [1.54, 1.807) is 0 Å². The van der Waals surface area contributed by atoms with E-state index in [9.17, 15) is 14.4 Å². The third-order valence-electron chi connectivity index (χ3n) is 2.46. The number of nitrogens with two attached hydrogens (primary N) is 3. The number of guanidine groups is 1. The largest absolute Gasteiger partial charge is 0.481 e. The highest BCUT2D eigenvalue weighted by Gasteiger charge is 2.26. The van der Waals surface area contributed by atoms with Crippen LogP contribution in [0.25, 0.3) is 0 Å². The van der Waals surface area contributed by atoms with Gasteiger partial charge in [0.2, 0.25) is 5.91 Å². The first-order chi connectivity index (χ1) is 9.77. The number of hydrogen-bond donors (Lipinski definition) is 7. The van der Waals surface area contributed by atoms with E-state index in [0.717, 1.165) is 0 Å². The number of carboxylic acid groups (broad SMARTS) is 2. The zero-order chi connectivity index (χ0) is 16.4. The zero-order valence-corrected chi connectivity index (χ0v) is 11.3. The maximum Gasteiger partial charge on any atom is 0.326 e. The average Bonchev–Trinajstić information content (AvgIpc) is 2.36. The zero-order valence-electron chi connectivity index (χ0n) is 11.3. The van der Waals surface area contributed by atoms with Crippen LogP contribution in [0, 0.1) is 0 Å². The molecule has 0 aromatic heterocycles. The fourth-order valence-corrected chi connectivity index (χ4v) is 1.44. The Morgan fingerprint density at radius 1 is 1.14 bits per heavy atom. The molecule has 0 aliphatic rings. The first-order valence-corrected chi connectivity index (χ1v) is 6.04. The number of rotatable bonds is 10. The Kier molecular flexibility index (Phi) is 8.41. The Morgan fingerprint density at radius 3 is 2.19 bits per heavy atom. The lowest BCUT2D eigenvalue weighted by Gasteiger charge is -2.18. The van der Waals surface area contributed by atoms with Crippen molar-refractivity contribution in [1.82, 2.24) is 10.7 Å². The van der Waals surface area contributed by atoms with Crippen molar-refractivity contribution in [1.29, 1.82) is 0 Å². The van der Waals surface area contributed by atoms with Gasteiger partial charge in [-0.15, -0.1) is 0 Å². The first-order valence-electron chi connectivity index (χ1n) is 6.04. The molecule has 21 heavy (non-hydrogen) atoms. The summed E-state index contributed by atoms with van der Waals surface area (Å²) in [5.74, 6) is 1.63. The predicted molar refractivity (Wildman–Crippen MR) is 72.8 cm³/mol. The van der Waals surface area contributed by atoms with Crippen LogP contribution in [0.2, 0.25) is 0 Å². The Labute approximate surface area is 120 Å². The molecule has 1 amide bonds. The van der Waals surface area contributed by atoms with Crippen LogP contribution in [-0.4, -0.2) is 52.6 Å².